The minimum Gasteiger partial charge on any atom is -0.493 e. The predicted molar refractivity (Wildman–Crippen MR) is 59.1 cm³/mol. The number of hydrogen-bond acceptors (Lipinski definition) is 3. The molecule has 1 heterocycles. The van der Waals surface area contributed by atoms with Crippen LogP contribution in [0.25, 0.3) is 0 Å². The van der Waals surface area contributed by atoms with Crippen LogP contribution in [0.2, 0.25) is 0 Å². The molecule has 3 nitrogen and oxygen atoms in total. The minimum atomic E-state index is 0.0240. The molecule has 1 aromatic carbocycles. The quantitative estimate of drug-likeness (QED) is 0.706. The van der Waals surface area contributed by atoms with Gasteiger partial charge in [-0.3, -0.25) is 4.90 Å². The summed E-state index contributed by atoms with van der Waals surface area (Å²) in [5, 5.41) is 0. The number of hydrogen-bond donors (Lipinski definition) is 0. The summed E-state index contributed by atoms with van der Waals surface area (Å²) in [6, 6.07) is 6.28. The van der Waals surface area contributed by atoms with E-state index in [1.54, 1.807) is 7.11 Å². The SMILES string of the molecule is COC(c1ccc2c(c1)CCO2)N(C)C. The fourth-order valence-corrected chi connectivity index (χ4v) is 2.01. The van der Waals surface area contributed by atoms with Crippen molar-refractivity contribution in [2.45, 2.75) is 12.6 Å². The lowest BCUT2D eigenvalue weighted by atomic mass is 10.1. The number of fused-ring (bicyclic) bond motifs is 1. The molecule has 0 radical (unpaired) electrons. The van der Waals surface area contributed by atoms with Gasteiger partial charge >= 0.3 is 0 Å². The molecular formula is C12H17NO2. The van der Waals surface area contributed by atoms with Crippen molar-refractivity contribution in [2.75, 3.05) is 27.8 Å². The first kappa shape index (κ1) is 10.5. The van der Waals surface area contributed by atoms with E-state index in [4.69, 9.17) is 9.47 Å². The van der Waals surface area contributed by atoms with E-state index in [9.17, 15) is 0 Å². The van der Waals surface area contributed by atoms with Crippen molar-refractivity contribution in [3.05, 3.63) is 29.3 Å². The van der Waals surface area contributed by atoms with Crippen molar-refractivity contribution in [1.82, 2.24) is 4.90 Å². The standard InChI is InChI=1S/C12H17NO2/c1-13(2)12(14-3)10-4-5-11-9(8-10)6-7-15-11/h4-5,8,12H,6-7H2,1-3H3. The molecule has 1 aliphatic rings. The zero-order chi connectivity index (χ0) is 10.8. The molecule has 0 saturated carbocycles. The second kappa shape index (κ2) is 4.21. The second-order valence-corrected chi connectivity index (χ2v) is 4.02. The summed E-state index contributed by atoms with van der Waals surface area (Å²) in [4.78, 5) is 2.05. The van der Waals surface area contributed by atoms with Crippen molar-refractivity contribution in [1.29, 1.82) is 0 Å². The van der Waals surface area contributed by atoms with Gasteiger partial charge < -0.3 is 9.47 Å². The molecule has 0 spiro atoms. The molecule has 0 fully saturated rings. The zero-order valence-electron chi connectivity index (χ0n) is 9.49. The summed E-state index contributed by atoms with van der Waals surface area (Å²) in [7, 11) is 5.75. The molecule has 1 unspecified atom stereocenters. The third kappa shape index (κ3) is 1.98. The summed E-state index contributed by atoms with van der Waals surface area (Å²) >= 11 is 0. The number of ether oxygens (including phenoxy) is 2. The van der Waals surface area contributed by atoms with Crippen molar-refractivity contribution < 1.29 is 9.47 Å². The molecule has 0 N–H and O–H groups in total. The normalized spacial score (nSPS) is 16.3. The van der Waals surface area contributed by atoms with Crippen molar-refractivity contribution in [2.24, 2.45) is 0 Å². The molecule has 1 atom stereocenters. The van der Waals surface area contributed by atoms with E-state index < -0.39 is 0 Å². The van der Waals surface area contributed by atoms with Crippen LogP contribution in [0.4, 0.5) is 0 Å². The van der Waals surface area contributed by atoms with Crippen LogP contribution < -0.4 is 4.74 Å². The maximum atomic E-state index is 5.47. The van der Waals surface area contributed by atoms with Gasteiger partial charge in [-0.1, -0.05) is 6.07 Å². The van der Waals surface area contributed by atoms with Gasteiger partial charge in [-0.15, -0.1) is 0 Å². The Bertz CT molecular complexity index is 349. The summed E-state index contributed by atoms with van der Waals surface area (Å²) in [6.07, 6.45) is 1.03. The topological polar surface area (TPSA) is 21.7 Å². The van der Waals surface area contributed by atoms with Gasteiger partial charge in [0.1, 0.15) is 12.0 Å². The lowest BCUT2D eigenvalue weighted by molar-refractivity contribution is -0.00544. The van der Waals surface area contributed by atoms with Crippen LogP contribution in [-0.4, -0.2) is 32.7 Å². The average molecular weight is 207 g/mol. The predicted octanol–water partition coefficient (Wildman–Crippen LogP) is 1.83. The van der Waals surface area contributed by atoms with Crippen LogP contribution in [0.1, 0.15) is 17.4 Å². The third-order valence-corrected chi connectivity index (χ3v) is 2.69. The van der Waals surface area contributed by atoms with E-state index in [0.29, 0.717) is 0 Å². The van der Waals surface area contributed by atoms with Crippen LogP contribution in [0.3, 0.4) is 0 Å². The molecular weight excluding hydrogens is 190 g/mol. The Morgan fingerprint density at radius 3 is 2.87 bits per heavy atom. The van der Waals surface area contributed by atoms with Gasteiger partial charge in [-0.25, -0.2) is 0 Å². The van der Waals surface area contributed by atoms with Crippen LogP contribution in [0.5, 0.6) is 5.75 Å². The number of rotatable bonds is 3. The Morgan fingerprint density at radius 1 is 1.40 bits per heavy atom. The minimum absolute atomic E-state index is 0.0240. The van der Waals surface area contributed by atoms with Crippen molar-refractivity contribution in [3.63, 3.8) is 0 Å². The van der Waals surface area contributed by atoms with Gasteiger partial charge in [0.25, 0.3) is 0 Å². The Hall–Kier alpha value is -1.06. The third-order valence-electron chi connectivity index (χ3n) is 2.69. The maximum absolute atomic E-state index is 5.47. The largest absolute Gasteiger partial charge is 0.493 e. The molecule has 0 bridgehead atoms. The van der Waals surface area contributed by atoms with E-state index in [2.05, 4.69) is 17.0 Å². The number of benzene rings is 1. The number of methoxy groups -OCH3 is 1. The summed E-state index contributed by atoms with van der Waals surface area (Å²) in [5.74, 6) is 1.02. The van der Waals surface area contributed by atoms with Crippen molar-refractivity contribution in [3.8, 4) is 5.75 Å². The van der Waals surface area contributed by atoms with E-state index in [1.165, 1.54) is 11.1 Å². The number of nitrogens with zero attached hydrogens (tertiary/aromatic N) is 1. The molecule has 0 aromatic heterocycles. The summed E-state index contributed by atoms with van der Waals surface area (Å²) in [6.45, 7) is 0.804. The first-order valence-corrected chi connectivity index (χ1v) is 5.17. The Morgan fingerprint density at radius 2 is 2.20 bits per heavy atom. The van der Waals surface area contributed by atoms with Crippen LogP contribution in [0, 0.1) is 0 Å². The highest BCUT2D eigenvalue weighted by Gasteiger charge is 2.17. The molecule has 15 heavy (non-hydrogen) atoms. The Kier molecular flexibility index (Phi) is 2.93. The molecule has 0 amide bonds. The van der Waals surface area contributed by atoms with Gasteiger partial charge in [0.05, 0.1) is 6.61 Å². The molecule has 2 rings (SSSR count). The Labute approximate surface area is 90.6 Å². The summed E-state index contributed by atoms with van der Waals surface area (Å²) in [5.41, 5.74) is 2.48. The van der Waals surface area contributed by atoms with E-state index >= 15 is 0 Å². The van der Waals surface area contributed by atoms with Crippen LogP contribution in [-0.2, 0) is 11.2 Å². The molecule has 1 aromatic rings. The van der Waals surface area contributed by atoms with E-state index in [0.717, 1.165) is 18.8 Å². The van der Waals surface area contributed by atoms with Gasteiger partial charge in [-0.2, -0.15) is 0 Å². The van der Waals surface area contributed by atoms with Gasteiger partial charge in [0, 0.05) is 13.5 Å². The fourth-order valence-electron chi connectivity index (χ4n) is 2.01. The molecule has 0 saturated heterocycles. The maximum Gasteiger partial charge on any atom is 0.135 e. The molecule has 3 heteroatoms. The molecule has 0 aliphatic carbocycles. The second-order valence-electron chi connectivity index (χ2n) is 4.02. The van der Waals surface area contributed by atoms with E-state index in [-0.39, 0.29) is 6.23 Å². The first-order valence-electron chi connectivity index (χ1n) is 5.17. The lowest BCUT2D eigenvalue weighted by Crippen LogP contribution is -2.21. The van der Waals surface area contributed by atoms with Gasteiger partial charge in [0.2, 0.25) is 0 Å². The zero-order valence-corrected chi connectivity index (χ0v) is 9.49. The average Bonchev–Trinajstić information content (AvgIpc) is 2.65. The molecule has 1 aliphatic heterocycles. The highest BCUT2D eigenvalue weighted by Crippen LogP contribution is 2.29. The lowest BCUT2D eigenvalue weighted by Gasteiger charge is -2.23. The summed E-state index contributed by atoms with van der Waals surface area (Å²) < 4.78 is 10.9. The van der Waals surface area contributed by atoms with Crippen LogP contribution in [0.15, 0.2) is 18.2 Å². The highest BCUT2D eigenvalue weighted by atomic mass is 16.5. The van der Waals surface area contributed by atoms with Crippen molar-refractivity contribution >= 4 is 0 Å². The van der Waals surface area contributed by atoms with Gasteiger partial charge in [0.15, 0.2) is 0 Å². The fraction of sp³-hybridized carbons (Fsp3) is 0.500. The highest BCUT2D eigenvalue weighted by molar-refractivity contribution is 5.40. The van der Waals surface area contributed by atoms with E-state index in [1.807, 2.05) is 20.2 Å². The first-order chi connectivity index (χ1) is 7.22. The molecule has 82 valence electrons. The van der Waals surface area contributed by atoms with Gasteiger partial charge in [-0.05, 0) is 37.4 Å². The smallest absolute Gasteiger partial charge is 0.135 e. The van der Waals surface area contributed by atoms with Crippen LogP contribution >= 0.6 is 0 Å². The Balaban J connectivity index is 2.28. The monoisotopic (exact) mass is 207 g/mol.